The van der Waals surface area contributed by atoms with Crippen molar-refractivity contribution in [1.82, 2.24) is 5.43 Å². The van der Waals surface area contributed by atoms with Gasteiger partial charge in [-0.2, -0.15) is 0 Å². The molecule has 0 aromatic heterocycles. The summed E-state index contributed by atoms with van der Waals surface area (Å²) < 4.78 is 27.0. The Morgan fingerprint density at radius 1 is 1.04 bits per heavy atom. The number of anilines is 2. The number of nitrogens with two attached hydrogens (primary N) is 1. The maximum Gasteiger partial charge on any atom is 0.264 e. The molecule has 0 aliphatic heterocycles. The van der Waals surface area contributed by atoms with E-state index in [0.29, 0.717) is 11.4 Å². The van der Waals surface area contributed by atoms with Crippen LogP contribution in [0.25, 0.3) is 0 Å². The van der Waals surface area contributed by atoms with Gasteiger partial charge >= 0.3 is 0 Å². The van der Waals surface area contributed by atoms with Crippen molar-refractivity contribution < 1.29 is 18.0 Å². The lowest BCUT2D eigenvalue weighted by Gasteiger charge is -2.24. The maximum absolute atomic E-state index is 13.0. The molecule has 26 heavy (non-hydrogen) atoms. The molecule has 9 heteroatoms. The molecule has 0 aliphatic carbocycles. The minimum Gasteiger partial charge on any atom is -0.326 e. The maximum atomic E-state index is 13.0. The van der Waals surface area contributed by atoms with E-state index < -0.39 is 22.5 Å². The molecule has 0 unspecified atom stereocenters. The van der Waals surface area contributed by atoms with Gasteiger partial charge in [0.2, 0.25) is 5.91 Å². The number of rotatable bonds is 6. The van der Waals surface area contributed by atoms with Gasteiger partial charge in [-0.1, -0.05) is 17.7 Å². The predicted molar refractivity (Wildman–Crippen MR) is 98.8 cm³/mol. The first-order valence-electron chi connectivity index (χ1n) is 7.70. The zero-order chi connectivity index (χ0) is 19.3. The summed E-state index contributed by atoms with van der Waals surface area (Å²) in [5, 5.41) is 2.56. The lowest BCUT2D eigenvalue weighted by atomic mass is 10.2. The van der Waals surface area contributed by atoms with E-state index in [2.05, 4.69) is 5.32 Å². The van der Waals surface area contributed by atoms with Gasteiger partial charge in [0.05, 0.1) is 10.6 Å². The highest BCUT2D eigenvalue weighted by Crippen LogP contribution is 2.25. The first-order valence-corrected chi connectivity index (χ1v) is 9.14. The Hall–Kier alpha value is -2.91. The van der Waals surface area contributed by atoms with E-state index >= 15 is 0 Å². The summed E-state index contributed by atoms with van der Waals surface area (Å²) in [6.07, 6.45) is 0. The number of aryl methyl sites for hydroxylation is 1. The fourth-order valence-electron chi connectivity index (χ4n) is 2.24. The molecule has 0 heterocycles. The fourth-order valence-corrected chi connectivity index (χ4v) is 3.66. The Morgan fingerprint density at radius 3 is 2.12 bits per heavy atom. The third-order valence-corrected chi connectivity index (χ3v) is 5.32. The number of sulfonamides is 1. The Labute approximate surface area is 152 Å². The van der Waals surface area contributed by atoms with Gasteiger partial charge in [-0.25, -0.2) is 14.3 Å². The van der Waals surface area contributed by atoms with E-state index in [0.717, 1.165) is 9.87 Å². The summed E-state index contributed by atoms with van der Waals surface area (Å²) in [6, 6.07) is 12.4. The van der Waals surface area contributed by atoms with Crippen molar-refractivity contribution in [3.63, 3.8) is 0 Å². The van der Waals surface area contributed by atoms with Gasteiger partial charge in [-0.3, -0.25) is 19.3 Å². The van der Waals surface area contributed by atoms with E-state index in [1.165, 1.54) is 31.2 Å². The number of nitrogens with one attached hydrogen (secondary N) is 2. The molecule has 0 aliphatic rings. The SMILES string of the molecule is CC(=O)Nc1ccc(S(=O)(=O)N(CC(=O)NN)c2ccc(C)cc2)cc1. The van der Waals surface area contributed by atoms with Gasteiger partial charge < -0.3 is 5.32 Å². The molecule has 0 bridgehead atoms. The molecule has 0 spiro atoms. The summed E-state index contributed by atoms with van der Waals surface area (Å²) in [4.78, 5) is 22.8. The number of benzene rings is 2. The molecule has 0 saturated heterocycles. The normalized spacial score (nSPS) is 10.9. The minimum atomic E-state index is -4.01. The molecule has 0 saturated carbocycles. The van der Waals surface area contributed by atoms with Gasteiger partial charge in [-0.15, -0.1) is 0 Å². The largest absolute Gasteiger partial charge is 0.326 e. The first-order chi connectivity index (χ1) is 12.2. The summed E-state index contributed by atoms with van der Waals surface area (Å²) in [6.45, 7) is 2.76. The minimum absolute atomic E-state index is 0.0167. The van der Waals surface area contributed by atoms with Crippen LogP contribution in [0.15, 0.2) is 53.4 Å². The highest BCUT2D eigenvalue weighted by Gasteiger charge is 2.27. The molecule has 2 aromatic carbocycles. The molecule has 8 nitrogen and oxygen atoms in total. The van der Waals surface area contributed by atoms with Crippen LogP contribution in [-0.2, 0) is 19.6 Å². The van der Waals surface area contributed by atoms with Crippen molar-refractivity contribution in [2.75, 3.05) is 16.2 Å². The molecule has 0 fully saturated rings. The second-order valence-corrected chi connectivity index (χ2v) is 7.48. The van der Waals surface area contributed by atoms with Crippen LogP contribution in [0.1, 0.15) is 12.5 Å². The van der Waals surface area contributed by atoms with Crippen LogP contribution in [-0.4, -0.2) is 26.8 Å². The van der Waals surface area contributed by atoms with Crippen molar-refractivity contribution >= 4 is 33.2 Å². The van der Waals surface area contributed by atoms with Crippen LogP contribution >= 0.6 is 0 Å². The topological polar surface area (TPSA) is 122 Å². The van der Waals surface area contributed by atoms with Crippen molar-refractivity contribution in [2.24, 2.45) is 5.84 Å². The van der Waals surface area contributed by atoms with E-state index in [1.807, 2.05) is 12.3 Å². The molecule has 2 rings (SSSR count). The molecule has 0 radical (unpaired) electrons. The Morgan fingerprint density at radius 2 is 1.62 bits per heavy atom. The number of hydrogen-bond acceptors (Lipinski definition) is 5. The Kier molecular flexibility index (Phi) is 5.96. The third kappa shape index (κ3) is 4.58. The zero-order valence-electron chi connectivity index (χ0n) is 14.4. The number of hydrogen-bond donors (Lipinski definition) is 3. The summed E-state index contributed by atoms with van der Waals surface area (Å²) in [5.41, 5.74) is 3.70. The number of carbonyl (C=O) groups excluding carboxylic acids is 2. The summed E-state index contributed by atoms with van der Waals surface area (Å²) >= 11 is 0. The second-order valence-electron chi connectivity index (χ2n) is 5.62. The Balaban J connectivity index is 2.42. The van der Waals surface area contributed by atoms with Gasteiger partial charge in [0.1, 0.15) is 6.54 Å². The molecular weight excluding hydrogens is 356 g/mol. The molecule has 138 valence electrons. The highest BCUT2D eigenvalue weighted by molar-refractivity contribution is 7.92. The van der Waals surface area contributed by atoms with Crippen molar-refractivity contribution in [3.05, 3.63) is 54.1 Å². The average molecular weight is 376 g/mol. The zero-order valence-corrected chi connectivity index (χ0v) is 15.2. The van der Waals surface area contributed by atoms with Crippen LogP contribution < -0.4 is 20.9 Å². The number of nitrogens with zero attached hydrogens (tertiary/aromatic N) is 1. The first kappa shape index (κ1) is 19.4. The average Bonchev–Trinajstić information content (AvgIpc) is 2.60. The standard InChI is InChI=1S/C17H20N4O4S/c1-12-3-7-15(8-4-12)21(11-17(23)20-18)26(24,25)16-9-5-14(6-10-16)19-13(2)22/h3-10H,11,18H2,1-2H3,(H,19,22)(H,20,23). The van der Waals surface area contributed by atoms with Crippen LogP contribution in [0, 0.1) is 6.92 Å². The quantitative estimate of drug-likeness (QED) is 0.396. The van der Waals surface area contributed by atoms with Crippen LogP contribution in [0.2, 0.25) is 0 Å². The lowest BCUT2D eigenvalue weighted by molar-refractivity contribution is -0.119. The van der Waals surface area contributed by atoms with Crippen molar-refractivity contribution in [1.29, 1.82) is 0 Å². The number of amides is 2. The lowest BCUT2D eigenvalue weighted by Crippen LogP contribution is -2.43. The van der Waals surface area contributed by atoms with E-state index in [4.69, 9.17) is 5.84 Å². The van der Waals surface area contributed by atoms with Crippen LogP contribution in [0.5, 0.6) is 0 Å². The highest BCUT2D eigenvalue weighted by atomic mass is 32.2. The van der Waals surface area contributed by atoms with Gasteiger partial charge in [0.25, 0.3) is 15.9 Å². The second kappa shape index (κ2) is 7.98. The third-order valence-electron chi connectivity index (χ3n) is 3.53. The molecule has 0 atom stereocenters. The van der Waals surface area contributed by atoms with Crippen LogP contribution in [0.3, 0.4) is 0 Å². The summed E-state index contributed by atoms with van der Waals surface area (Å²) in [7, 11) is -4.01. The van der Waals surface area contributed by atoms with E-state index in [1.54, 1.807) is 24.3 Å². The molecule has 2 amide bonds. The predicted octanol–water partition coefficient (Wildman–Crippen LogP) is 1.14. The van der Waals surface area contributed by atoms with Crippen molar-refractivity contribution in [2.45, 2.75) is 18.7 Å². The molecule has 2 aromatic rings. The van der Waals surface area contributed by atoms with E-state index in [9.17, 15) is 18.0 Å². The number of carbonyl (C=O) groups is 2. The Bertz CT molecular complexity index is 893. The molecular formula is C17H20N4O4S. The van der Waals surface area contributed by atoms with Gasteiger partial charge in [-0.05, 0) is 43.3 Å². The fraction of sp³-hybridized carbons (Fsp3) is 0.176. The van der Waals surface area contributed by atoms with Gasteiger partial charge in [0.15, 0.2) is 0 Å². The monoisotopic (exact) mass is 376 g/mol. The molecule has 4 N–H and O–H groups in total. The van der Waals surface area contributed by atoms with Gasteiger partial charge in [0, 0.05) is 12.6 Å². The van der Waals surface area contributed by atoms with Crippen LogP contribution in [0.4, 0.5) is 11.4 Å². The van der Waals surface area contributed by atoms with Crippen molar-refractivity contribution in [3.8, 4) is 0 Å². The number of hydrazine groups is 1. The van der Waals surface area contributed by atoms with E-state index in [-0.39, 0.29) is 10.8 Å². The summed E-state index contributed by atoms with van der Waals surface area (Å²) in [5.74, 6) is 4.20. The smallest absolute Gasteiger partial charge is 0.264 e.